The van der Waals surface area contributed by atoms with Gasteiger partial charge in [-0.1, -0.05) is 0 Å². The number of ether oxygens (including phenoxy) is 1. The Morgan fingerprint density at radius 3 is 3.00 bits per heavy atom. The second kappa shape index (κ2) is 5.86. The molecule has 0 radical (unpaired) electrons. The number of hydrogen-bond donors (Lipinski definition) is 4. The molecule has 1 saturated heterocycles. The van der Waals surface area contributed by atoms with Gasteiger partial charge in [-0.15, -0.1) is 0 Å². The molecule has 4 atom stereocenters. The third-order valence-corrected chi connectivity index (χ3v) is 3.62. The Labute approximate surface area is 119 Å². The van der Waals surface area contributed by atoms with E-state index in [9.17, 15) is 14.8 Å². The van der Waals surface area contributed by atoms with Gasteiger partial charge in [0.25, 0.3) is 6.64 Å². The predicted molar refractivity (Wildman–Crippen MR) is 74.1 cm³/mol. The number of anilines is 1. The maximum Gasteiger partial charge on any atom is 0.351 e. The van der Waals surface area contributed by atoms with Crippen LogP contribution in [0.4, 0.5) is 5.82 Å². The van der Waals surface area contributed by atoms with Crippen molar-refractivity contribution in [3.05, 3.63) is 22.7 Å². The molecule has 2 rings (SSSR count). The van der Waals surface area contributed by atoms with Gasteiger partial charge < -0.3 is 25.0 Å². The van der Waals surface area contributed by atoms with Gasteiger partial charge in [0.05, 0.1) is 12.7 Å². The lowest BCUT2D eigenvalue weighted by Crippen LogP contribution is -2.28. The average molecular weight is 322 g/mol. The number of rotatable bonds is 4. The standard InChI is InChI=1S/C9H15N4O5PS/c10-7-1-2-13(9(15)12-7)8-3-5(14)6(18-8)4-17-19(11,16)20/h1-2,5-6,8,14H,3-4H2,(H2,10,12,15)(H3,11,16,20)/t5-,6+,8+,19?/m0/s1. The first-order valence-electron chi connectivity index (χ1n) is 5.70. The van der Waals surface area contributed by atoms with E-state index in [4.69, 9.17) is 20.5 Å². The molecule has 0 spiro atoms. The molecule has 11 heteroatoms. The summed E-state index contributed by atoms with van der Waals surface area (Å²) in [6.07, 6.45) is -0.676. The number of aliphatic hydroxyl groups excluding tert-OH is 1. The minimum Gasteiger partial charge on any atom is -0.390 e. The fraction of sp³-hybridized carbons (Fsp3) is 0.556. The van der Waals surface area contributed by atoms with E-state index in [1.54, 1.807) is 0 Å². The SMILES string of the molecule is Nc1ccn([C@H]2C[C@H](O)[C@@H](COP(N)(O)=S)O2)c(=O)n1. The highest BCUT2D eigenvalue weighted by molar-refractivity contribution is 8.08. The van der Waals surface area contributed by atoms with Crippen molar-refractivity contribution in [2.24, 2.45) is 5.50 Å². The van der Waals surface area contributed by atoms with Gasteiger partial charge in [0, 0.05) is 12.6 Å². The third-order valence-electron chi connectivity index (χ3n) is 2.79. The molecule has 112 valence electrons. The van der Waals surface area contributed by atoms with Gasteiger partial charge in [0.15, 0.2) is 0 Å². The smallest absolute Gasteiger partial charge is 0.351 e. The van der Waals surface area contributed by atoms with Crippen LogP contribution in [0.25, 0.3) is 0 Å². The summed E-state index contributed by atoms with van der Waals surface area (Å²) in [6.45, 7) is -3.46. The first-order valence-corrected chi connectivity index (χ1v) is 8.44. The molecule has 1 unspecified atom stereocenters. The summed E-state index contributed by atoms with van der Waals surface area (Å²) in [4.78, 5) is 24.4. The van der Waals surface area contributed by atoms with Crippen LogP contribution in [0.2, 0.25) is 0 Å². The molecule has 2 heterocycles. The molecule has 0 aliphatic carbocycles. The van der Waals surface area contributed by atoms with Gasteiger partial charge in [-0.05, 0) is 17.9 Å². The quantitative estimate of drug-likeness (QED) is 0.495. The van der Waals surface area contributed by atoms with Gasteiger partial charge >= 0.3 is 5.69 Å². The monoisotopic (exact) mass is 322 g/mol. The molecule has 9 nitrogen and oxygen atoms in total. The fourth-order valence-electron chi connectivity index (χ4n) is 1.86. The van der Waals surface area contributed by atoms with Crippen LogP contribution < -0.4 is 16.9 Å². The molecule has 1 aliphatic heterocycles. The van der Waals surface area contributed by atoms with Crippen molar-refractivity contribution in [1.82, 2.24) is 9.55 Å². The second-order valence-electron chi connectivity index (χ2n) is 4.33. The molecule has 20 heavy (non-hydrogen) atoms. The highest BCUT2D eigenvalue weighted by Crippen LogP contribution is 2.35. The van der Waals surface area contributed by atoms with Crippen LogP contribution >= 0.6 is 6.64 Å². The predicted octanol–water partition coefficient (Wildman–Crippen LogP) is -1.33. The second-order valence-corrected chi connectivity index (χ2v) is 7.29. The van der Waals surface area contributed by atoms with E-state index >= 15 is 0 Å². The minimum absolute atomic E-state index is 0.105. The largest absolute Gasteiger partial charge is 0.390 e. The van der Waals surface area contributed by atoms with E-state index in [2.05, 4.69) is 16.8 Å². The van der Waals surface area contributed by atoms with Crippen molar-refractivity contribution in [2.45, 2.75) is 24.9 Å². The van der Waals surface area contributed by atoms with Crippen molar-refractivity contribution < 1.29 is 19.3 Å². The van der Waals surface area contributed by atoms with Gasteiger partial charge in [0.1, 0.15) is 18.1 Å². The average Bonchev–Trinajstić information content (AvgIpc) is 2.67. The van der Waals surface area contributed by atoms with E-state index in [1.165, 1.54) is 16.8 Å². The highest BCUT2D eigenvalue weighted by atomic mass is 32.5. The van der Waals surface area contributed by atoms with Crippen LogP contribution in [0, 0.1) is 0 Å². The van der Waals surface area contributed by atoms with Crippen molar-refractivity contribution in [3.8, 4) is 0 Å². The molecule has 0 aromatic carbocycles. The van der Waals surface area contributed by atoms with Crippen LogP contribution in [0.5, 0.6) is 0 Å². The summed E-state index contributed by atoms with van der Waals surface area (Å²) in [5.41, 5.74) is 10.0. The molecular formula is C9H15N4O5PS. The van der Waals surface area contributed by atoms with E-state index in [-0.39, 0.29) is 18.8 Å². The zero-order valence-electron chi connectivity index (χ0n) is 10.3. The number of aromatic nitrogens is 2. The van der Waals surface area contributed by atoms with Gasteiger partial charge in [-0.25, -0.2) is 4.79 Å². The van der Waals surface area contributed by atoms with Gasteiger partial charge in [-0.2, -0.15) is 4.98 Å². The maximum absolute atomic E-state index is 11.7. The summed E-state index contributed by atoms with van der Waals surface area (Å²) in [5.74, 6) is 0.105. The number of aliphatic hydroxyl groups is 1. The van der Waals surface area contributed by atoms with Crippen molar-refractivity contribution in [2.75, 3.05) is 12.3 Å². The Morgan fingerprint density at radius 2 is 2.40 bits per heavy atom. The van der Waals surface area contributed by atoms with Crippen LogP contribution in [0.1, 0.15) is 12.6 Å². The summed E-state index contributed by atoms with van der Waals surface area (Å²) in [6, 6.07) is 1.45. The third kappa shape index (κ3) is 3.83. The molecular weight excluding hydrogens is 307 g/mol. The normalized spacial score (nSPS) is 29.2. The number of nitrogens with two attached hydrogens (primary N) is 2. The Hall–Kier alpha value is -0.870. The number of nitrogens with zero attached hydrogens (tertiary/aromatic N) is 2. The van der Waals surface area contributed by atoms with E-state index < -0.39 is 30.8 Å². The summed E-state index contributed by atoms with van der Waals surface area (Å²) < 4.78 is 11.6. The van der Waals surface area contributed by atoms with Crippen LogP contribution in [0.3, 0.4) is 0 Å². The summed E-state index contributed by atoms with van der Waals surface area (Å²) in [5, 5.41) is 9.85. The highest BCUT2D eigenvalue weighted by Gasteiger charge is 2.36. The molecule has 0 bridgehead atoms. The lowest BCUT2D eigenvalue weighted by Gasteiger charge is -2.17. The molecule has 6 N–H and O–H groups in total. The number of hydrogen-bond acceptors (Lipinski definition) is 7. The zero-order chi connectivity index (χ0) is 14.9. The van der Waals surface area contributed by atoms with E-state index in [0.717, 1.165) is 0 Å². The Morgan fingerprint density at radius 1 is 1.70 bits per heavy atom. The topological polar surface area (TPSA) is 146 Å². The van der Waals surface area contributed by atoms with E-state index in [1.807, 2.05) is 0 Å². The summed E-state index contributed by atoms with van der Waals surface area (Å²) in [7, 11) is 0. The molecule has 1 aromatic heterocycles. The van der Waals surface area contributed by atoms with Crippen molar-refractivity contribution in [3.63, 3.8) is 0 Å². The first-order chi connectivity index (χ1) is 9.26. The van der Waals surface area contributed by atoms with E-state index in [0.29, 0.717) is 0 Å². The Balaban J connectivity index is 2.06. The lowest BCUT2D eigenvalue weighted by molar-refractivity contribution is -0.0407. The molecule has 0 saturated carbocycles. The Bertz CT molecular complexity index is 590. The molecule has 1 fully saturated rings. The minimum atomic E-state index is -3.31. The zero-order valence-corrected chi connectivity index (χ0v) is 12.0. The molecule has 1 aromatic rings. The molecule has 1 aliphatic rings. The maximum atomic E-state index is 11.7. The molecule has 0 amide bonds. The van der Waals surface area contributed by atoms with Crippen LogP contribution in [-0.4, -0.2) is 38.4 Å². The van der Waals surface area contributed by atoms with Crippen molar-refractivity contribution >= 4 is 24.3 Å². The summed E-state index contributed by atoms with van der Waals surface area (Å²) >= 11 is 4.52. The van der Waals surface area contributed by atoms with Gasteiger partial charge in [-0.3, -0.25) is 10.1 Å². The Kier molecular flexibility index (Phi) is 4.55. The van der Waals surface area contributed by atoms with Crippen molar-refractivity contribution in [1.29, 1.82) is 0 Å². The fourth-order valence-corrected chi connectivity index (χ4v) is 2.40. The van der Waals surface area contributed by atoms with Crippen LogP contribution in [-0.2, 0) is 21.1 Å². The first kappa shape index (κ1) is 15.5. The van der Waals surface area contributed by atoms with Crippen LogP contribution in [0.15, 0.2) is 17.1 Å². The number of nitrogen functional groups attached to an aromatic ring is 1. The lowest BCUT2D eigenvalue weighted by atomic mass is 10.2. The van der Waals surface area contributed by atoms with Gasteiger partial charge in [0.2, 0.25) is 0 Å².